The highest BCUT2D eigenvalue weighted by molar-refractivity contribution is 5.60. The summed E-state index contributed by atoms with van der Waals surface area (Å²) in [6.45, 7) is 7.37. The maximum absolute atomic E-state index is 9.05. The lowest BCUT2D eigenvalue weighted by atomic mass is 10.1. The Morgan fingerprint density at radius 3 is 2.75 bits per heavy atom. The van der Waals surface area contributed by atoms with Crippen LogP contribution >= 0.6 is 0 Å². The monoisotopic (exact) mass is 216 g/mol. The summed E-state index contributed by atoms with van der Waals surface area (Å²) in [5, 5.41) is 12.4. The van der Waals surface area contributed by atoms with Crippen molar-refractivity contribution in [3.8, 4) is 6.07 Å². The van der Waals surface area contributed by atoms with Crippen LogP contribution in [0.1, 0.15) is 37.8 Å². The van der Waals surface area contributed by atoms with Crippen molar-refractivity contribution >= 4 is 5.69 Å². The van der Waals surface area contributed by atoms with Crippen LogP contribution in [-0.4, -0.2) is 6.54 Å². The van der Waals surface area contributed by atoms with Crippen LogP contribution in [0.3, 0.4) is 0 Å². The van der Waals surface area contributed by atoms with Crippen LogP contribution in [0.25, 0.3) is 0 Å². The van der Waals surface area contributed by atoms with Crippen LogP contribution in [0, 0.1) is 24.2 Å². The third-order valence-electron chi connectivity index (χ3n) is 2.66. The molecule has 0 aliphatic rings. The molecule has 1 aromatic carbocycles. The minimum Gasteiger partial charge on any atom is -0.384 e. The number of nitrogens with zero attached hydrogens (tertiary/aromatic N) is 1. The average Bonchev–Trinajstić information content (AvgIpc) is 2.24. The zero-order valence-electron chi connectivity index (χ0n) is 10.4. The molecule has 0 aromatic heterocycles. The second-order valence-electron chi connectivity index (χ2n) is 4.57. The molecule has 1 rings (SSSR count). The molecule has 0 radical (unpaired) electrons. The number of aryl methyl sites for hydroxylation is 1. The fraction of sp³-hybridized carbons (Fsp3) is 0.500. The standard InChI is InChI=1S/C14H20N2/c1-11(2)6-5-9-16-14-8-4-7-12(3)13(14)10-15/h4,7-8,11,16H,5-6,9H2,1-3H3. The lowest BCUT2D eigenvalue weighted by molar-refractivity contribution is 0.567. The maximum Gasteiger partial charge on any atom is 0.102 e. The summed E-state index contributed by atoms with van der Waals surface area (Å²) in [6, 6.07) is 8.18. The molecule has 2 nitrogen and oxygen atoms in total. The summed E-state index contributed by atoms with van der Waals surface area (Å²) in [4.78, 5) is 0. The molecule has 0 fully saturated rings. The van der Waals surface area contributed by atoms with Gasteiger partial charge >= 0.3 is 0 Å². The van der Waals surface area contributed by atoms with Crippen LogP contribution < -0.4 is 5.32 Å². The van der Waals surface area contributed by atoms with Crippen molar-refractivity contribution in [3.63, 3.8) is 0 Å². The van der Waals surface area contributed by atoms with Gasteiger partial charge in [0.1, 0.15) is 6.07 Å². The minimum atomic E-state index is 0.745. The van der Waals surface area contributed by atoms with Crippen LogP contribution in [0.4, 0.5) is 5.69 Å². The molecule has 86 valence electrons. The fourth-order valence-electron chi connectivity index (χ4n) is 1.70. The van der Waals surface area contributed by atoms with Gasteiger partial charge in [0.05, 0.1) is 11.3 Å². The van der Waals surface area contributed by atoms with Crippen molar-refractivity contribution in [1.82, 2.24) is 0 Å². The highest BCUT2D eigenvalue weighted by Crippen LogP contribution is 2.18. The van der Waals surface area contributed by atoms with Crippen molar-refractivity contribution in [3.05, 3.63) is 29.3 Å². The van der Waals surface area contributed by atoms with Gasteiger partial charge in [-0.3, -0.25) is 0 Å². The van der Waals surface area contributed by atoms with Gasteiger partial charge in [0.2, 0.25) is 0 Å². The van der Waals surface area contributed by atoms with Crippen LogP contribution in [-0.2, 0) is 0 Å². The van der Waals surface area contributed by atoms with Gasteiger partial charge in [0.15, 0.2) is 0 Å². The van der Waals surface area contributed by atoms with Crippen molar-refractivity contribution in [2.24, 2.45) is 5.92 Å². The Labute approximate surface area is 98.3 Å². The highest BCUT2D eigenvalue weighted by atomic mass is 14.9. The van der Waals surface area contributed by atoms with Crippen LogP contribution in [0.15, 0.2) is 18.2 Å². The predicted molar refractivity (Wildman–Crippen MR) is 68.5 cm³/mol. The van der Waals surface area contributed by atoms with Gasteiger partial charge < -0.3 is 5.32 Å². The molecule has 2 heteroatoms. The molecular weight excluding hydrogens is 196 g/mol. The summed E-state index contributed by atoms with van der Waals surface area (Å²) in [7, 11) is 0. The lowest BCUT2D eigenvalue weighted by Crippen LogP contribution is -2.05. The van der Waals surface area contributed by atoms with Crippen molar-refractivity contribution < 1.29 is 0 Å². The number of benzene rings is 1. The fourth-order valence-corrected chi connectivity index (χ4v) is 1.70. The summed E-state index contributed by atoms with van der Waals surface area (Å²) >= 11 is 0. The van der Waals surface area contributed by atoms with Gasteiger partial charge in [-0.1, -0.05) is 26.0 Å². The van der Waals surface area contributed by atoms with Gasteiger partial charge in [0.25, 0.3) is 0 Å². The zero-order valence-corrected chi connectivity index (χ0v) is 10.4. The van der Waals surface area contributed by atoms with E-state index >= 15 is 0 Å². The molecule has 0 aliphatic heterocycles. The number of hydrogen-bond donors (Lipinski definition) is 1. The Bertz CT molecular complexity index is 375. The highest BCUT2D eigenvalue weighted by Gasteiger charge is 2.03. The Hall–Kier alpha value is -1.49. The van der Waals surface area contributed by atoms with Crippen LogP contribution in [0.2, 0.25) is 0 Å². The smallest absolute Gasteiger partial charge is 0.102 e. The molecule has 16 heavy (non-hydrogen) atoms. The van der Waals surface area contributed by atoms with E-state index < -0.39 is 0 Å². The Kier molecular flexibility index (Phi) is 4.85. The number of nitrogens with one attached hydrogen (secondary N) is 1. The molecule has 0 spiro atoms. The molecule has 0 aliphatic carbocycles. The second kappa shape index (κ2) is 6.17. The number of rotatable bonds is 5. The lowest BCUT2D eigenvalue weighted by Gasteiger charge is -2.10. The molecule has 0 saturated heterocycles. The average molecular weight is 216 g/mol. The number of nitriles is 1. The third kappa shape index (κ3) is 3.58. The van der Waals surface area contributed by atoms with Gasteiger partial charge in [-0.2, -0.15) is 5.26 Å². The number of hydrogen-bond acceptors (Lipinski definition) is 2. The topological polar surface area (TPSA) is 35.8 Å². The van der Waals surface area contributed by atoms with Gasteiger partial charge in [-0.15, -0.1) is 0 Å². The quantitative estimate of drug-likeness (QED) is 0.761. The van der Waals surface area contributed by atoms with Crippen molar-refractivity contribution in [2.75, 3.05) is 11.9 Å². The van der Waals surface area contributed by atoms with E-state index in [-0.39, 0.29) is 0 Å². The molecule has 0 atom stereocenters. The Morgan fingerprint density at radius 2 is 2.12 bits per heavy atom. The normalized spacial score (nSPS) is 10.2. The van der Waals surface area contributed by atoms with E-state index in [4.69, 9.17) is 5.26 Å². The second-order valence-corrected chi connectivity index (χ2v) is 4.57. The number of anilines is 1. The molecule has 0 unspecified atom stereocenters. The molecule has 1 N–H and O–H groups in total. The van der Waals surface area contributed by atoms with E-state index in [0.29, 0.717) is 0 Å². The maximum atomic E-state index is 9.05. The first kappa shape index (κ1) is 12.6. The molecule has 0 amide bonds. The van der Waals surface area contributed by atoms with E-state index in [1.54, 1.807) is 0 Å². The van der Waals surface area contributed by atoms with E-state index in [2.05, 4.69) is 25.2 Å². The van der Waals surface area contributed by atoms with E-state index in [1.165, 1.54) is 6.42 Å². The Balaban J connectivity index is 2.54. The van der Waals surface area contributed by atoms with Crippen LogP contribution in [0.5, 0.6) is 0 Å². The van der Waals surface area contributed by atoms with Crippen molar-refractivity contribution in [1.29, 1.82) is 5.26 Å². The van der Waals surface area contributed by atoms with Crippen molar-refractivity contribution in [2.45, 2.75) is 33.6 Å². The first-order valence-electron chi connectivity index (χ1n) is 5.88. The molecular formula is C14H20N2. The molecule has 0 heterocycles. The summed E-state index contributed by atoms with van der Waals surface area (Å²) in [5.74, 6) is 0.745. The first-order valence-corrected chi connectivity index (χ1v) is 5.88. The summed E-state index contributed by atoms with van der Waals surface area (Å²) < 4.78 is 0. The van der Waals surface area contributed by atoms with Gasteiger partial charge in [-0.25, -0.2) is 0 Å². The predicted octanol–water partition coefficient (Wildman–Crippen LogP) is 3.71. The molecule has 0 bridgehead atoms. The minimum absolute atomic E-state index is 0.745. The summed E-state index contributed by atoms with van der Waals surface area (Å²) in [6.07, 6.45) is 2.37. The van der Waals surface area contributed by atoms with E-state index in [1.807, 2.05) is 25.1 Å². The van der Waals surface area contributed by atoms with Gasteiger partial charge in [0, 0.05) is 6.54 Å². The largest absolute Gasteiger partial charge is 0.384 e. The molecule has 1 aromatic rings. The van der Waals surface area contributed by atoms with Gasteiger partial charge in [-0.05, 0) is 37.3 Å². The first-order chi connectivity index (χ1) is 7.65. The third-order valence-corrected chi connectivity index (χ3v) is 2.66. The zero-order chi connectivity index (χ0) is 12.0. The Morgan fingerprint density at radius 1 is 1.38 bits per heavy atom. The SMILES string of the molecule is Cc1cccc(NCCCC(C)C)c1C#N. The summed E-state index contributed by atoms with van der Waals surface area (Å²) in [5.41, 5.74) is 2.77. The van der Waals surface area contributed by atoms with E-state index in [0.717, 1.165) is 35.7 Å². The van der Waals surface area contributed by atoms with E-state index in [9.17, 15) is 0 Å². The molecule has 0 saturated carbocycles.